The van der Waals surface area contributed by atoms with E-state index >= 15 is 0 Å². The maximum Gasteiger partial charge on any atom is 0.134 e. The molecule has 2 aromatic rings. The van der Waals surface area contributed by atoms with Crippen LogP contribution in [0, 0.1) is 6.92 Å². The molecule has 0 saturated carbocycles. The van der Waals surface area contributed by atoms with Crippen LogP contribution in [-0.4, -0.2) is 13.7 Å². The Balaban J connectivity index is 2.49. The van der Waals surface area contributed by atoms with Crippen LogP contribution in [0.5, 0.6) is 5.75 Å². The van der Waals surface area contributed by atoms with Crippen LogP contribution in [0.4, 0.5) is 0 Å². The van der Waals surface area contributed by atoms with Gasteiger partial charge >= 0.3 is 0 Å². The van der Waals surface area contributed by atoms with E-state index in [1.54, 1.807) is 7.11 Å². The maximum absolute atomic E-state index is 5.89. The minimum absolute atomic E-state index is 0.235. The van der Waals surface area contributed by atoms with Gasteiger partial charge < -0.3 is 14.5 Å². The first kappa shape index (κ1) is 12.0. The van der Waals surface area contributed by atoms with Crippen LogP contribution in [-0.2, 0) is 0 Å². The van der Waals surface area contributed by atoms with Crippen LogP contribution in [0.25, 0.3) is 11.0 Å². The molecular weight excluding hydrogens is 214 g/mol. The molecule has 0 saturated heterocycles. The molecule has 0 aliphatic carbocycles. The van der Waals surface area contributed by atoms with Gasteiger partial charge in [0.05, 0.1) is 13.2 Å². The molecule has 3 nitrogen and oxygen atoms in total. The quantitative estimate of drug-likeness (QED) is 0.878. The van der Waals surface area contributed by atoms with Gasteiger partial charge in [-0.2, -0.15) is 0 Å². The number of furan rings is 1. The van der Waals surface area contributed by atoms with E-state index in [2.05, 4.69) is 26.1 Å². The highest BCUT2D eigenvalue weighted by Gasteiger charge is 2.16. The predicted octanol–water partition coefficient (Wildman–Crippen LogP) is 3.42. The minimum Gasteiger partial charge on any atom is -0.497 e. The van der Waals surface area contributed by atoms with Gasteiger partial charge in [-0.15, -0.1) is 0 Å². The predicted molar refractivity (Wildman–Crippen MR) is 69.6 cm³/mol. The molecule has 0 fully saturated rings. The average Bonchev–Trinajstić information content (AvgIpc) is 2.67. The zero-order chi connectivity index (χ0) is 12.4. The molecule has 0 aliphatic rings. The Morgan fingerprint density at radius 1 is 1.41 bits per heavy atom. The Labute approximate surface area is 102 Å². The largest absolute Gasteiger partial charge is 0.497 e. The molecular formula is C14H19NO2. The summed E-state index contributed by atoms with van der Waals surface area (Å²) in [5.74, 6) is 1.87. The Kier molecular flexibility index (Phi) is 3.38. The lowest BCUT2D eigenvalue weighted by Crippen LogP contribution is -2.17. The summed E-state index contributed by atoms with van der Waals surface area (Å²) in [5.41, 5.74) is 2.11. The maximum atomic E-state index is 5.89. The monoisotopic (exact) mass is 233 g/mol. The lowest BCUT2D eigenvalue weighted by molar-refractivity contribution is 0.415. The molecule has 0 radical (unpaired) electrons. The van der Waals surface area contributed by atoms with Crippen LogP contribution in [0.15, 0.2) is 22.6 Å². The van der Waals surface area contributed by atoms with Crippen molar-refractivity contribution in [3.05, 3.63) is 29.5 Å². The smallest absolute Gasteiger partial charge is 0.134 e. The van der Waals surface area contributed by atoms with Crippen molar-refractivity contribution in [1.82, 2.24) is 5.32 Å². The number of hydrogen-bond acceptors (Lipinski definition) is 3. The molecule has 0 bridgehead atoms. The van der Waals surface area contributed by atoms with Gasteiger partial charge in [-0.1, -0.05) is 6.92 Å². The SMILES string of the molecule is CCNC(C)c1oc2ccc(OC)cc2c1C. The summed E-state index contributed by atoms with van der Waals surface area (Å²) in [6.07, 6.45) is 0. The molecule has 3 heteroatoms. The van der Waals surface area contributed by atoms with Crippen molar-refractivity contribution < 1.29 is 9.15 Å². The van der Waals surface area contributed by atoms with Crippen LogP contribution >= 0.6 is 0 Å². The van der Waals surface area contributed by atoms with Crippen LogP contribution in [0.1, 0.15) is 31.2 Å². The fourth-order valence-electron chi connectivity index (χ4n) is 2.16. The third-order valence-electron chi connectivity index (χ3n) is 3.08. The highest BCUT2D eigenvalue weighted by Crippen LogP contribution is 2.31. The first-order valence-electron chi connectivity index (χ1n) is 5.97. The molecule has 0 spiro atoms. The van der Waals surface area contributed by atoms with Gasteiger partial charge in [-0.05, 0) is 38.6 Å². The lowest BCUT2D eigenvalue weighted by atomic mass is 10.1. The molecule has 1 N–H and O–H groups in total. The summed E-state index contributed by atoms with van der Waals surface area (Å²) < 4.78 is 11.1. The fraction of sp³-hybridized carbons (Fsp3) is 0.429. The van der Waals surface area contributed by atoms with Gasteiger partial charge in [-0.3, -0.25) is 0 Å². The number of methoxy groups -OCH3 is 1. The summed E-state index contributed by atoms with van der Waals surface area (Å²) in [6.45, 7) is 7.23. The van der Waals surface area contributed by atoms with Crippen LogP contribution < -0.4 is 10.1 Å². The highest BCUT2D eigenvalue weighted by atomic mass is 16.5. The van der Waals surface area contributed by atoms with Crippen LogP contribution in [0.3, 0.4) is 0 Å². The number of hydrogen-bond donors (Lipinski definition) is 1. The zero-order valence-corrected chi connectivity index (χ0v) is 10.8. The van der Waals surface area contributed by atoms with E-state index in [0.717, 1.165) is 29.0 Å². The highest BCUT2D eigenvalue weighted by molar-refractivity contribution is 5.83. The lowest BCUT2D eigenvalue weighted by Gasteiger charge is -2.09. The molecule has 1 aromatic heterocycles. The molecule has 1 unspecified atom stereocenters. The molecule has 1 heterocycles. The second-order valence-corrected chi connectivity index (χ2v) is 4.23. The number of fused-ring (bicyclic) bond motifs is 1. The van der Waals surface area contributed by atoms with Crippen molar-refractivity contribution in [2.45, 2.75) is 26.8 Å². The van der Waals surface area contributed by atoms with E-state index in [-0.39, 0.29) is 6.04 Å². The first-order valence-corrected chi connectivity index (χ1v) is 5.97. The fourth-order valence-corrected chi connectivity index (χ4v) is 2.16. The Morgan fingerprint density at radius 2 is 2.18 bits per heavy atom. The number of rotatable bonds is 4. The van der Waals surface area contributed by atoms with E-state index in [1.165, 1.54) is 5.56 Å². The van der Waals surface area contributed by atoms with Crippen molar-refractivity contribution in [2.24, 2.45) is 0 Å². The Morgan fingerprint density at radius 3 is 2.82 bits per heavy atom. The van der Waals surface area contributed by atoms with E-state index in [1.807, 2.05) is 18.2 Å². The van der Waals surface area contributed by atoms with Gasteiger partial charge in [0.15, 0.2) is 0 Å². The van der Waals surface area contributed by atoms with E-state index in [4.69, 9.17) is 9.15 Å². The number of aryl methyl sites for hydroxylation is 1. The van der Waals surface area contributed by atoms with Crippen molar-refractivity contribution >= 4 is 11.0 Å². The summed E-state index contributed by atoms with van der Waals surface area (Å²) >= 11 is 0. The topological polar surface area (TPSA) is 34.4 Å². The molecule has 0 amide bonds. The van der Waals surface area contributed by atoms with Crippen LogP contribution in [0.2, 0.25) is 0 Å². The minimum atomic E-state index is 0.235. The molecule has 92 valence electrons. The summed E-state index contributed by atoms with van der Waals surface area (Å²) in [7, 11) is 1.68. The Bertz CT molecular complexity index is 516. The normalized spacial score (nSPS) is 12.9. The third-order valence-corrected chi connectivity index (χ3v) is 3.08. The van der Waals surface area contributed by atoms with Gasteiger partial charge in [0.25, 0.3) is 0 Å². The average molecular weight is 233 g/mol. The first-order chi connectivity index (χ1) is 8.17. The third kappa shape index (κ3) is 2.15. The summed E-state index contributed by atoms with van der Waals surface area (Å²) in [4.78, 5) is 0. The van der Waals surface area contributed by atoms with E-state index in [9.17, 15) is 0 Å². The molecule has 2 rings (SSSR count). The Hall–Kier alpha value is -1.48. The summed E-state index contributed by atoms with van der Waals surface area (Å²) in [5, 5.41) is 4.50. The van der Waals surface area contributed by atoms with Crippen molar-refractivity contribution in [3.8, 4) is 5.75 Å². The molecule has 17 heavy (non-hydrogen) atoms. The van der Waals surface area contributed by atoms with E-state index < -0.39 is 0 Å². The zero-order valence-electron chi connectivity index (χ0n) is 10.8. The van der Waals surface area contributed by atoms with Gasteiger partial charge in [0.2, 0.25) is 0 Å². The summed E-state index contributed by atoms with van der Waals surface area (Å²) in [6, 6.07) is 6.14. The van der Waals surface area contributed by atoms with Gasteiger partial charge in [0.1, 0.15) is 17.1 Å². The molecule has 0 aliphatic heterocycles. The van der Waals surface area contributed by atoms with Gasteiger partial charge in [-0.25, -0.2) is 0 Å². The number of benzene rings is 1. The number of ether oxygens (including phenoxy) is 1. The van der Waals surface area contributed by atoms with Gasteiger partial charge in [0, 0.05) is 10.9 Å². The molecule has 1 atom stereocenters. The van der Waals surface area contributed by atoms with Crippen molar-refractivity contribution in [1.29, 1.82) is 0 Å². The standard InChI is InChI=1S/C14H19NO2/c1-5-15-10(3)14-9(2)12-8-11(16-4)6-7-13(12)17-14/h6-8,10,15H,5H2,1-4H3. The number of nitrogens with one attached hydrogen (secondary N) is 1. The molecule has 1 aromatic carbocycles. The van der Waals surface area contributed by atoms with Crippen molar-refractivity contribution in [3.63, 3.8) is 0 Å². The van der Waals surface area contributed by atoms with E-state index in [0.29, 0.717) is 0 Å². The second-order valence-electron chi connectivity index (χ2n) is 4.23. The van der Waals surface area contributed by atoms with Crippen molar-refractivity contribution in [2.75, 3.05) is 13.7 Å². The second kappa shape index (κ2) is 4.80.